The van der Waals surface area contributed by atoms with E-state index in [0.717, 1.165) is 12.1 Å². The number of benzene rings is 1. The van der Waals surface area contributed by atoms with Gasteiger partial charge in [-0.1, -0.05) is 0 Å². The van der Waals surface area contributed by atoms with E-state index in [2.05, 4.69) is 53.2 Å². The molecule has 0 saturated carbocycles. The Morgan fingerprint density at radius 2 is 1.53 bits per heavy atom. The van der Waals surface area contributed by atoms with Gasteiger partial charge in [-0.25, -0.2) is 9.59 Å². The van der Waals surface area contributed by atoms with E-state index in [1.54, 1.807) is 0 Å². The summed E-state index contributed by atoms with van der Waals surface area (Å²) in [5.74, 6) is -3.14. The summed E-state index contributed by atoms with van der Waals surface area (Å²) in [5, 5.41) is 26.4. The van der Waals surface area contributed by atoms with Crippen LogP contribution in [0.3, 0.4) is 0 Å². The van der Waals surface area contributed by atoms with E-state index in [9.17, 15) is 14.7 Å². The molecule has 1 rings (SSSR count). The number of hydrogen-bond donors (Lipinski definition) is 3. The van der Waals surface area contributed by atoms with Crippen LogP contribution in [0.1, 0.15) is 20.7 Å². The summed E-state index contributed by atoms with van der Waals surface area (Å²) in [6.45, 7) is 0. The van der Waals surface area contributed by atoms with E-state index < -0.39 is 17.7 Å². The van der Waals surface area contributed by atoms with E-state index in [1.807, 2.05) is 0 Å². The summed E-state index contributed by atoms with van der Waals surface area (Å²) in [6, 6.07) is 1.93. The van der Waals surface area contributed by atoms with Gasteiger partial charge in [0.05, 0.1) is 5.56 Å². The van der Waals surface area contributed by atoms with Gasteiger partial charge in [0.1, 0.15) is 11.3 Å². The summed E-state index contributed by atoms with van der Waals surface area (Å²) in [7, 11) is 0. The number of phenols is 1. The second-order valence-corrected chi connectivity index (χ2v) is 19.6. The average molecular weight is 642 g/mol. The topological polar surface area (TPSA) is 94.8 Å². The number of rotatable bonds is 2. The van der Waals surface area contributed by atoms with Crippen LogP contribution in [0.25, 0.3) is 0 Å². The maximum absolute atomic E-state index is 10.6. The Labute approximate surface area is 135 Å². The molecule has 0 amide bonds. The number of aromatic hydroxyl groups is 1. The SMILES string of the molecule is I[I-]I.O=C(O)c1cc(Br)c(C(=O)O)cc1O. The second kappa shape index (κ2) is 8.68. The van der Waals surface area contributed by atoms with Gasteiger partial charge in [0.2, 0.25) is 0 Å². The first-order valence-electron chi connectivity index (χ1n) is 3.71. The molecule has 0 spiro atoms. The molecule has 0 aromatic heterocycles. The summed E-state index contributed by atoms with van der Waals surface area (Å²) in [6.07, 6.45) is 0. The van der Waals surface area contributed by atoms with Crippen molar-refractivity contribution in [3.63, 3.8) is 0 Å². The first-order valence-corrected chi connectivity index (χ1v) is 17.1. The third kappa shape index (κ3) is 5.87. The fraction of sp³-hybridized carbons (Fsp3) is 0. The Bertz CT molecular complexity index is 398. The van der Waals surface area contributed by atoms with Gasteiger partial charge in [0.25, 0.3) is 0 Å². The molecule has 1 aromatic rings. The van der Waals surface area contributed by atoms with Gasteiger partial charge in [-0.05, 0) is 28.1 Å². The van der Waals surface area contributed by atoms with Gasteiger partial charge < -0.3 is 15.3 Å². The minimum absolute atomic E-state index is 0.111. The number of hydrogen-bond acceptors (Lipinski definition) is 3. The Hall–Kier alpha value is 0.630. The molecule has 0 aliphatic carbocycles. The van der Waals surface area contributed by atoms with Crippen LogP contribution in [0.2, 0.25) is 0 Å². The van der Waals surface area contributed by atoms with Crippen LogP contribution in [-0.4, -0.2) is 27.3 Å². The van der Waals surface area contributed by atoms with Gasteiger partial charge in [-0.15, -0.1) is 0 Å². The molecule has 0 heterocycles. The van der Waals surface area contributed by atoms with E-state index in [4.69, 9.17) is 10.2 Å². The van der Waals surface area contributed by atoms with Gasteiger partial charge >= 0.3 is 62.4 Å². The van der Waals surface area contributed by atoms with Crippen LogP contribution in [0.5, 0.6) is 5.75 Å². The van der Waals surface area contributed by atoms with E-state index in [0.29, 0.717) is 13.3 Å². The van der Waals surface area contributed by atoms with Gasteiger partial charge in [-0.3, -0.25) is 0 Å². The Balaban J connectivity index is 0.000000770. The minimum Gasteiger partial charge on any atom is -0.507 e. The van der Waals surface area contributed by atoms with Crippen molar-refractivity contribution in [3.8, 4) is 5.75 Å². The third-order valence-corrected chi connectivity index (χ3v) is 2.20. The maximum atomic E-state index is 10.6. The molecule has 0 atom stereocenters. The molecule has 9 heteroatoms. The van der Waals surface area contributed by atoms with Crippen molar-refractivity contribution >= 4 is 65.1 Å². The molecule has 1 aromatic carbocycles. The molecule has 0 bridgehead atoms. The Morgan fingerprint density at radius 1 is 1.12 bits per heavy atom. The number of carbonyl (C=O) groups is 2. The molecule has 0 aliphatic heterocycles. The van der Waals surface area contributed by atoms with Crippen molar-refractivity contribution in [1.29, 1.82) is 0 Å². The molecule has 0 saturated heterocycles. The number of carboxylic acids is 2. The third-order valence-electron chi connectivity index (χ3n) is 1.55. The van der Waals surface area contributed by atoms with Crippen molar-refractivity contribution in [2.75, 3.05) is 0 Å². The van der Waals surface area contributed by atoms with Crippen LogP contribution in [0.15, 0.2) is 16.6 Å². The first kappa shape index (κ1) is 17.6. The van der Waals surface area contributed by atoms with Crippen LogP contribution in [0.4, 0.5) is 0 Å². The fourth-order valence-corrected chi connectivity index (χ4v) is 1.41. The zero-order valence-electron chi connectivity index (χ0n) is 7.82. The summed E-state index contributed by atoms with van der Waals surface area (Å²) < 4.78 is 0.111. The molecule has 0 aliphatic rings. The van der Waals surface area contributed by atoms with Crippen LogP contribution in [-0.2, 0) is 0 Å². The maximum Gasteiger partial charge on any atom is 0.339 e. The zero-order valence-corrected chi connectivity index (χ0v) is 15.9. The van der Waals surface area contributed by atoms with Gasteiger partial charge in [0.15, 0.2) is 0 Å². The molecule has 96 valence electrons. The van der Waals surface area contributed by atoms with Crippen LogP contribution >= 0.6 is 53.2 Å². The molecule has 3 N–H and O–H groups in total. The predicted octanol–water partition coefficient (Wildman–Crippen LogP) is 0.326. The Kier molecular flexibility index (Phi) is 9.01. The second-order valence-electron chi connectivity index (χ2n) is 2.51. The van der Waals surface area contributed by atoms with Crippen LogP contribution in [0, 0.1) is 0 Å². The summed E-state index contributed by atoms with van der Waals surface area (Å²) >= 11 is 8.19. The fourth-order valence-electron chi connectivity index (χ4n) is 0.897. The van der Waals surface area contributed by atoms with Crippen molar-refractivity contribution < 1.29 is 38.2 Å². The smallest absolute Gasteiger partial charge is 0.339 e. The number of aromatic carboxylic acids is 2. The quantitative estimate of drug-likeness (QED) is 0.405. The van der Waals surface area contributed by atoms with Gasteiger partial charge in [0, 0.05) is 4.47 Å². The molecular formula is C8H5BrI3O5-. The molecular weight excluding hydrogens is 637 g/mol. The first-order chi connectivity index (χ1) is 7.84. The van der Waals surface area contributed by atoms with E-state index in [-0.39, 0.29) is 15.6 Å². The number of halogens is 4. The monoisotopic (exact) mass is 641 g/mol. The standard InChI is InChI=1S/C8H5BrO5.I3/c9-5-1-4(8(13)14)6(10)2-3(5)7(11)12;1-3-2/h1-2,10H,(H,11,12)(H,13,14);/q;-1. The van der Waals surface area contributed by atoms with Crippen molar-refractivity contribution in [3.05, 3.63) is 27.7 Å². The largest absolute Gasteiger partial charge is 0.507 e. The van der Waals surface area contributed by atoms with E-state index in [1.165, 1.54) is 0 Å². The normalized spacial score (nSPS) is 9.35. The van der Waals surface area contributed by atoms with Crippen LogP contribution < -0.4 is 13.3 Å². The molecule has 5 nitrogen and oxygen atoms in total. The van der Waals surface area contributed by atoms with Crippen molar-refractivity contribution in [2.45, 2.75) is 0 Å². The molecule has 0 unspecified atom stereocenters. The minimum atomic E-state index is -1.32. The summed E-state index contributed by atoms with van der Waals surface area (Å²) in [5.41, 5.74) is -0.533. The molecule has 0 radical (unpaired) electrons. The van der Waals surface area contributed by atoms with Crippen molar-refractivity contribution in [2.24, 2.45) is 0 Å². The van der Waals surface area contributed by atoms with E-state index >= 15 is 0 Å². The Morgan fingerprint density at radius 3 is 1.88 bits per heavy atom. The molecule has 17 heavy (non-hydrogen) atoms. The average Bonchev–Trinajstić information content (AvgIpc) is 2.21. The molecule has 0 fully saturated rings. The van der Waals surface area contributed by atoms with Crippen molar-refractivity contribution in [1.82, 2.24) is 0 Å². The number of carboxylic acid groups (broad SMARTS) is 2. The zero-order chi connectivity index (χ0) is 13.6. The van der Waals surface area contributed by atoms with Gasteiger partial charge in [-0.2, -0.15) is 0 Å². The summed E-state index contributed by atoms with van der Waals surface area (Å²) in [4.78, 5) is 21.1. The predicted molar refractivity (Wildman–Crippen MR) is 77.8 cm³/mol.